The summed E-state index contributed by atoms with van der Waals surface area (Å²) in [4.78, 5) is 24.6. The third-order valence-corrected chi connectivity index (χ3v) is 4.37. The number of hydrogen-bond donors (Lipinski definition) is 1. The van der Waals surface area contributed by atoms with Crippen LogP contribution in [0.1, 0.15) is 23.8 Å². The normalized spacial score (nSPS) is 11.1. The van der Waals surface area contributed by atoms with E-state index in [4.69, 9.17) is 13.9 Å². The zero-order valence-corrected chi connectivity index (χ0v) is 18.0. The molecule has 0 atom stereocenters. The van der Waals surface area contributed by atoms with E-state index in [1.165, 1.54) is 18.4 Å². The number of hydrogen-bond acceptors (Lipinski definition) is 6. The topological polar surface area (TPSA) is 102 Å². The van der Waals surface area contributed by atoms with Gasteiger partial charge in [0.05, 0.1) is 19.4 Å². The molecule has 0 spiro atoms. The van der Waals surface area contributed by atoms with Gasteiger partial charge in [-0.15, -0.1) is 0 Å². The van der Waals surface area contributed by atoms with Crippen molar-refractivity contribution in [2.24, 2.45) is 0 Å². The van der Waals surface area contributed by atoms with E-state index in [9.17, 15) is 14.9 Å². The molecule has 0 aliphatic heterocycles. The van der Waals surface area contributed by atoms with Crippen LogP contribution < -0.4 is 14.8 Å². The van der Waals surface area contributed by atoms with Gasteiger partial charge in [-0.05, 0) is 54.5 Å². The van der Waals surface area contributed by atoms with Gasteiger partial charge in [-0.2, -0.15) is 5.26 Å². The number of furan rings is 1. The van der Waals surface area contributed by atoms with Gasteiger partial charge in [0.25, 0.3) is 5.91 Å². The molecule has 1 N–H and O–H groups in total. The lowest BCUT2D eigenvalue weighted by atomic mass is 10.1. The second kappa shape index (κ2) is 11.7. The molecule has 7 heteroatoms. The van der Waals surface area contributed by atoms with E-state index in [1.807, 2.05) is 36.4 Å². The average Bonchev–Trinajstić information content (AvgIpc) is 3.36. The maximum Gasteiger partial charge on any atom is 0.336 e. The van der Waals surface area contributed by atoms with Gasteiger partial charge in [-0.25, -0.2) is 4.79 Å². The summed E-state index contributed by atoms with van der Waals surface area (Å²) in [5.41, 5.74) is 1.33. The Morgan fingerprint density at radius 2 is 1.88 bits per heavy atom. The van der Waals surface area contributed by atoms with Crippen LogP contribution in [0.15, 0.2) is 83.0 Å². The molecule has 166 valence electrons. The number of esters is 1. The summed E-state index contributed by atoms with van der Waals surface area (Å²) in [7, 11) is 0. The quantitative estimate of drug-likeness (QED) is 0.226. The van der Waals surface area contributed by atoms with Crippen molar-refractivity contribution in [2.75, 3.05) is 6.61 Å². The standard InChI is InChI=1S/C26H22N2O5/c1-2-31-24-16-20(15-21(17-27)26(30)28-18-22-9-6-14-32-22)10-12-23(24)33-25(29)13-11-19-7-4-3-5-8-19/h3-16H,2,18H2,1H3,(H,28,30)/b13-11+,21-15+. The molecule has 3 rings (SSSR count). The minimum Gasteiger partial charge on any atom is -0.490 e. The fourth-order valence-electron chi connectivity index (χ4n) is 2.83. The van der Waals surface area contributed by atoms with E-state index in [-0.39, 0.29) is 17.9 Å². The highest BCUT2D eigenvalue weighted by Gasteiger charge is 2.13. The maximum atomic E-state index is 12.3. The van der Waals surface area contributed by atoms with Gasteiger partial charge in [0.1, 0.15) is 17.4 Å². The predicted molar refractivity (Wildman–Crippen MR) is 123 cm³/mol. The van der Waals surface area contributed by atoms with E-state index < -0.39 is 11.9 Å². The molecule has 0 aliphatic carbocycles. The van der Waals surface area contributed by atoms with Crippen molar-refractivity contribution in [3.8, 4) is 17.6 Å². The predicted octanol–water partition coefficient (Wildman–Crippen LogP) is 4.52. The third-order valence-electron chi connectivity index (χ3n) is 4.37. The van der Waals surface area contributed by atoms with Crippen LogP contribution >= 0.6 is 0 Å². The molecular formula is C26H22N2O5. The molecule has 0 aliphatic rings. The Hall–Kier alpha value is -4.57. The number of rotatable bonds is 9. The van der Waals surface area contributed by atoms with Gasteiger partial charge in [0.15, 0.2) is 11.5 Å². The Labute approximate surface area is 191 Å². The zero-order valence-electron chi connectivity index (χ0n) is 18.0. The lowest BCUT2D eigenvalue weighted by molar-refractivity contribution is -0.129. The Balaban J connectivity index is 1.72. The number of nitrogens with one attached hydrogen (secondary N) is 1. The Kier molecular flexibility index (Phi) is 8.21. The van der Waals surface area contributed by atoms with Gasteiger partial charge in [0.2, 0.25) is 0 Å². The number of carbonyl (C=O) groups is 2. The van der Waals surface area contributed by atoms with Crippen LogP contribution in [0.3, 0.4) is 0 Å². The van der Waals surface area contributed by atoms with Crippen molar-refractivity contribution in [1.82, 2.24) is 5.32 Å². The highest BCUT2D eigenvalue weighted by molar-refractivity contribution is 6.01. The van der Waals surface area contributed by atoms with Gasteiger partial charge >= 0.3 is 5.97 Å². The molecule has 0 radical (unpaired) electrons. The average molecular weight is 442 g/mol. The summed E-state index contributed by atoms with van der Waals surface area (Å²) < 4.78 is 16.2. The number of carbonyl (C=O) groups excluding carboxylic acids is 2. The minimum absolute atomic E-state index is 0.0838. The fraction of sp³-hybridized carbons (Fsp3) is 0.115. The molecule has 1 aromatic heterocycles. The molecule has 0 unspecified atom stereocenters. The lowest BCUT2D eigenvalue weighted by Gasteiger charge is -2.10. The van der Waals surface area contributed by atoms with Crippen molar-refractivity contribution in [3.63, 3.8) is 0 Å². The van der Waals surface area contributed by atoms with E-state index in [1.54, 1.807) is 43.3 Å². The molecule has 2 aromatic carbocycles. The van der Waals surface area contributed by atoms with Crippen molar-refractivity contribution in [2.45, 2.75) is 13.5 Å². The third kappa shape index (κ3) is 6.97. The van der Waals surface area contributed by atoms with Crippen molar-refractivity contribution >= 4 is 24.0 Å². The molecule has 33 heavy (non-hydrogen) atoms. The first-order chi connectivity index (χ1) is 16.1. The molecule has 0 saturated heterocycles. The molecule has 3 aromatic rings. The number of ether oxygens (including phenoxy) is 2. The minimum atomic E-state index is -0.557. The molecule has 7 nitrogen and oxygen atoms in total. The first-order valence-corrected chi connectivity index (χ1v) is 10.2. The number of nitriles is 1. The summed E-state index contributed by atoms with van der Waals surface area (Å²) in [6.07, 6.45) is 5.92. The molecule has 0 saturated carbocycles. The van der Waals surface area contributed by atoms with Crippen LogP contribution in [0.5, 0.6) is 11.5 Å². The Morgan fingerprint density at radius 1 is 1.06 bits per heavy atom. The van der Waals surface area contributed by atoms with Crippen LogP contribution in [0.2, 0.25) is 0 Å². The van der Waals surface area contributed by atoms with Crippen molar-refractivity contribution in [1.29, 1.82) is 5.26 Å². The van der Waals surface area contributed by atoms with E-state index in [0.29, 0.717) is 23.7 Å². The number of nitrogens with zero attached hydrogens (tertiary/aromatic N) is 1. The second-order valence-corrected chi connectivity index (χ2v) is 6.74. The first kappa shape index (κ1) is 23.1. The Morgan fingerprint density at radius 3 is 2.58 bits per heavy atom. The number of amides is 1. The summed E-state index contributed by atoms with van der Waals surface area (Å²) >= 11 is 0. The van der Waals surface area contributed by atoms with Crippen LogP contribution in [-0.2, 0) is 16.1 Å². The highest BCUT2D eigenvalue weighted by Crippen LogP contribution is 2.29. The van der Waals surface area contributed by atoms with Gasteiger partial charge in [-0.3, -0.25) is 4.79 Å². The molecule has 0 bridgehead atoms. The monoisotopic (exact) mass is 442 g/mol. The van der Waals surface area contributed by atoms with Crippen molar-refractivity contribution < 1.29 is 23.5 Å². The molecule has 0 fully saturated rings. The lowest BCUT2D eigenvalue weighted by Crippen LogP contribution is -2.23. The van der Waals surface area contributed by atoms with Crippen LogP contribution in [0, 0.1) is 11.3 Å². The second-order valence-electron chi connectivity index (χ2n) is 6.74. The number of benzene rings is 2. The van der Waals surface area contributed by atoms with E-state index in [2.05, 4.69) is 5.32 Å². The van der Waals surface area contributed by atoms with Gasteiger partial charge in [0, 0.05) is 6.08 Å². The smallest absolute Gasteiger partial charge is 0.336 e. The van der Waals surface area contributed by atoms with E-state index >= 15 is 0 Å². The van der Waals surface area contributed by atoms with Gasteiger partial charge in [-0.1, -0.05) is 36.4 Å². The van der Waals surface area contributed by atoms with E-state index in [0.717, 1.165) is 5.56 Å². The summed E-state index contributed by atoms with van der Waals surface area (Å²) in [5.74, 6) is 0.0387. The molecule has 1 amide bonds. The first-order valence-electron chi connectivity index (χ1n) is 10.2. The van der Waals surface area contributed by atoms with Crippen LogP contribution in [-0.4, -0.2) is 18.5 Å². The largest absolute Gasteiger partial charge is 0.490 e. The zero-order chi connectivity index (χ0) is 23.5. The summed E-state index contributed by atoms with van der Waals surface area (Å²) in [6.45, 7) is 2.30. The maximum absolute atomic E-state index is 12.3. The highest BCUT2D eigenvalue weighted by atomic mass is 16.6. The summed E-state index contributed by atoms with van der Waals surface area (Å²) in [6, 6.07) is 19.5. The van der Waals surface area contributed by atoms with Crippen LogP contribution in [0.4, 0.5) is 0 Å². The molecular weight excluding hydrogens is 420 g/mol. The summed E-state index contributed by atoms with van der Waals surface area (Å²) in [5, 5.41) is 12.0. The van der Waals surface area contributed by atoms with Crippen LogP contribution in [0.25, 0.3) is 12.2 Å². The Bertz CT molecular complexity index is 1190. The van der Waals surface area contributed by atoms with Crippen molar-refractivity contribution in [3.05, 3.63) is 95.5 Å². The SMILES string of the molecule is CCOc1cc(/C=C(\C#N)C(=O)NCc2ccco2)ccc1OC(=O)/C=C/c1ccccc1. The molecule has 1 heterocycles. The fourth-order valence-corrected chi connectivity index (χ4v) is 2.83. The van der Waals surface area contributed by atoms with Gasteiger partial charge < -0.3 is 19.2 Å².